The van der Waals surface area contributed by atoms with Crippen molar-refractivity contribution in [3.63, 3.8) is 0 Å². The highest BCUT2D eigenvalue weighted by Gasteiger charge is 2.40. The van der Waals surface area contributed by atoms with E-state index in [9.17, 15) is 27.6 Å². The summed E-state index contributed by atoms with van der Waals surface area (Å²) in [5, 5.41) is 1.98. The Morgan fingerprint density at radius 2 is 1.57 bits per heavy atom. The van der Waals surface area contributed by atoms with Gasteiger partial charge in [0.25, 0.3) is 5.76 Å². The average Bonchev–Trinajstić information content (AvgIpc) is 2.88. The van der Waals surface area contributed by atoms with Crippen molar-refractivity contribution >= 4 is 23.0 Å². The number of nitrogens with one attached hydrogen (secondary N) is 1. The number of carbonyl (C=O) groups excluding carboxylic acids is 2. The normalized spacial score (nSPS) is 11.1. The van der Waals surface area contributed by atoms with Crippen LogP contribution in [-0.4, -0.2) is 18.6 Å². The SMILES string of the molecule is O=C(CNC(=O)OCc1ccccc1)Oc1ccc2c(=O)c(Oc3ccccc3)c(C(F)(F)F)oc2c1. The Labute approximate surface area is 207 Å². The Morgan fingerprint density at radius 1 is 0.892 bits per heavy atom. The first-order valence-corrected chi connectivity index (χ1v) is 10.8. The fourth-order valence-electron chi connectivity index (χ4n) is 3.19. The molecule has 37 heavy (non-hydrogen) atoms. The summed E-state index contributed by atoms with van der Waals surface area (Å²) in [7, 11) is 0. The second-order valence-corrected chi connectivity index (χ2v) is 7.55. The van der Waals surface area contributed by atoms with E-state index in [0.717, 1.165) is 17.7 Å². The molecule has 0 aliphatic rings. The Morgan fingerprint density at radius 3 is 2.24 bits per heavy atom. The van der Waals surface area contributed by atoms with Crippen LogP contribution >= 0.6 is 0 Å². The van der Waals surface area contributed by atoms with Crippen LogP contribution in [0.2, 0.25) is 0 Å². The van der Waals surface area contributed by atoms with Crippen LogP contribution in [0.5, 0.6) is 17.2 Å². The van der Waals surface area contributed by atoms with E-state index >= 15 is 0 Å². The second-order valence-electron chi connectivity index (χ2n) is 7.55. The van der Waals surface area contributed by atoms with E-state index in [1.54, 1.807) is 36.4 Å². The molecule has 4 aromatic rings. The monoisotopic (exact) mass is 513 g/mol. The number of alkyl carbamates (subject to hydrolysis) is 1. The molecule has 190 valence electrons. The predicted molar refractivity (Wildman–Crippen MR) is 124 cm³/mol. The number of hydrogen-bond acceptors (Lipinski definition) is 7. The number of alkyl halides is 3. The molecule has 1 amide bonds. The van der Waals surface area contributed by atoms with Crippen molar-refractivity contribution in [1.82, 2.24) is 5.32 Å². The maximum Gasteiger partial charge on any atom is 0.453 e. The lowest BCUT2D eigenvalue weighted by Crippen LogP contribution is -2.32. The van der Waals surface area contributed by atoms with Gasteiger partial charge in [-0.05, 0) is 29.8 Å². The van der Waals surface area contributed by atoms with Crippen LogP contribution < -0.4 is 20.2 Å². The molecule has 0 unspecified atom stereocenters. The van der Waals surface area contributed by atoms with Gasteiger partial charge in [-0.2, -0.15) is 13.2 Å². The molecule has 0 atom stereocenters. The topological polar surface area (TPSA) is 104 Å². The quantitative estimate of drug-likeness (QED) is 0.259. The fourth-order valence-corrected chi connectivity index (χ4v) is 3.19. The zero-order chi connectivity index (χ0) is 26.4. The summed E-state index contributed by atoms with van der Waals surface area (Å²) < 4.78 is 61.2. The average molecular weight is 513 g/mol. The van der Waals surface area contributed by atoms with E-state index in [-0.39, 0.29) is 23.5 Å². The van der Waals surface area contributed by atoms with Gasteiger partial charge in [-0.25, -0.2) is 9.59 Å². The van der Waals surface area contributed by atoms with Crippen LogP contribution in [0, 0.1) is 0 Å². The molecule has 11 heteroatoms. The second kappa shape index (κ2) is 10.9. The van der Waals surface area contributed by atoms with Gasteiger partial charge >= 0.3 is 18.2 Å². The Hall–Kier alpha value is -4.80. The number of esters is 1. The van der Waals surface area contributed by atoms with Crippen LogP contribution in [-0.2, 0) is 22.3 Å². The van der Waals surface area contributed by atoms with Gasteiger partial charge in [0.05, 0.1) is 5.39 Å². The number of benzene rings is 3. The number of halogens is 3. The van der Waals surface area contributed by atoms with Crippen molar-refractivity contribution in [2.75, 3.05) is 6.54 Å². The molecule has 0 bridgehead atoms. The number of fused-ring (bicyclic) bond motifs is 1. The van der Waals surface area contributed by atoms with Gasteiger partial charge in [0.1, 0.15) is 30.2 Å². The summed E-state index contributed by atoms with van der Waals surface area (Å²) in [6, 6.07) is 19.6. The van der Waals surface area contributed by atoms with Gasteiger partial charge in [-0.3, -0.25) is 4.79 Å². The molecular formula is C26H18F3NO7. The molecule has 1 aromatic heterocycles. The molecule has 4 rings (SSSR count). The Bertz CT molecular complexity index is 1470. The molecule has 1 heterocycles. The van der Waals surface area contributed by atoms with Gasteiger partial charge < -0.3 is 23.9 Å². The van der Waals surface area contributed by atoms with E-state index in [2.05, 4.69) is 5.32 Å². The van der Waals surface area contributed by atoms with Crippen LogP contribution in [0.25, 0.3) is 11.0 Å². The van der Waals surface area contributed by atoms with Crippen molar-refractivity contribution < 1.29 is 41.4 Å². The first kappa shape index (κ1) is 25.3. The van der Waals surface area contributed by atoms with Gasteiger partial charge in [0.2, 0.25) is 11.2 Å². The number of para-hydroxylation sites is 1. The van der Waals surface area contributed by atoms with E-state index in [1.807, 2.05) is 0 Å². The minimum absolute atomic E-state index is 0.0110. The fraction of sp³-hybridized carbons (Fsp3) is 0.115. The largest absolute Gasteiger partial charge is 0.453 e. The molecule has 1 N–H and O–H groups in total. The van der Waals surface area contributed by atoms with Gasteiger partial charge in [0, 0.05) is 6.07 Å². The molecule has 0 aliphatic carbocycles. The van der Waals surface area contributed by atoms with Gasteiger partial charge in [0.15, 0.2) is 0 Å². The zero-order valence-corrected chi connectivity index (χ0v) is 18.9. The first-order valence-electron chi connectivity index (χ1n) is 10.8. The molecule has 0 saturated heterocycles. The van der Waals surface area contributed by atoms with Crippen LogP contribution in [0.1, 0.15) is 11.3 Å². The summed E-state index contributed by atoms with van der Waals surface area (Å²) in [6.45, 7) is -0.587. The Balaban J connectivity index is 1.47. The van der Waals surface area contributed by atoms with Crippen LogP contribution in [0.15, 0.2) is 88.1 Å². The van der Waals surface area contributed by atoms with Crippen molar-refractivity contribution in [3.05, 3.63) is 100 Å². The van der Waals surface area contributed by atoms with Crippen molar-refractivity contribution in [3.8, 4) is 17.2 Å². The predicted octanol–water partition coefficient (Wildman–Crippen LogP) is 5.44. The highest BCUT2D eigenvalue weighted by Crippen LogP contribution is 2.38. The lowest BCUT2D eigenvalue weighted by molar-refractivity contribution is -0.154. The minimum atomic E-state index is -5.05. The van der Waals surface area contributed by atoms with Crippen molar-refractivity contribution in [2.45, 2.75) is 12.8 Å². The Kier molecular flexibility index (Phi) is 7.42. The van der Waals surface area contributed by atoms with Crippen molar-refractivity contribution in [1.29, 1.82) is 0 Å². The lowest BCUT2D eigenvalue weighted by Gasteiger charge is -2.13. The molecule has 0 saturated carbocycles. The standard InChI is InChI=1S/C26H18F3NO7/c27-26(28,29)24-23(36-17-9-5-2-6-10-17)22(32)19-12-11-18(13-20(19)37-24)35-21(31)14-30-25(33)34-15-16-7-3-1-4-8-16/h1-13H,14-15H2,(H,30,33). The van der Waals surface area contributed by atoms with Gasteiger partial charge in [-0.1, -0.05) is 48.5 Å². The smallest absolute Gasteiger partial charge is 0.449 e. The molecule has 0 aliphatic heterocycles. The minimum Gasteiger partial charge on any atom is -0.449 e. The molecule has 8 nitrogen and oxygen atoms in total. The van der Waals surface area contributed by atoms with Crippen molar-refractivity contribution in [2.24, 2.45) is 0 Å². The van der Waals surface area contributed by atoms with Crippen LogP contribution in [0.4, 0.5) is 18.0 Å². The maximum atomic E-state index is 13.7. The number of ether oxygens (including phenoxy) is 3. The zero-order valence-electron chi connectivity index (χ0n) is 18.9. The molecule has 0 fully saturated rings. The summed E-state index contributed by atoms with van der Waals surface area (Å²) in [5.41, 5.74) is -0.787. The summed E-state index contributed by atoms with van der Waals surface area (Å²) >= 11 is 0. The van der Waals surface area contributed by atoms with E-state index < -0.39 is 47.3 Å². The third-order valence-electron chi connectivity index (χ3n) is 4.86. The number of carbonyl (C=O) groups is 2. The highest BCUT2D eigenvalue weighted by atomic mass is 19.4. The molecule has 0 radical (unpaired) electrons. The first-order chi connectivity index (χ1) is 17.7. The number of rotatable bonds is 7. The lowest BCUT2D eigenvalue weighted by atomic mass is 10.2. The summed E-state index contributed by atoms with van der Waals surface area (Å²) in [5.74, 6) is -3.78. The molecular weight excluding hydrogens is 495 g/mol. The summed E-state index contributed by atoms with van der Waals surface area (Å²) in [6.07, 6.45) is -5.92. The summed E-state index contributed by atoms with van der Waals surface area (Å²) in [4.78, 5) is 36.7. The number of hydrogen-bond donors (Lipinski definition) is 1. The third kappa shape index (κ3) is 6.45. The van der Waals surface area contributed by atoms with E-state index in [4.69, 9.17) is 18.6 Å². The van der Waals surface area contributed by atoms with Gasteiger partial charge in [-0.15, -0.1) is 0 Å². The maximum absolute atomic E-state index is 13.7. The highest BCUT2D eigenvalue weighted by molar-refractivity contribution is 5.83. The van der Waals surface area contributed by atoms with Crippen LogP contribution in [0.3, 0.4) is 0 Å². The number of amides is 1. The van der Waals surface area contributed by atoms with E-state index in [0.29, 0.717) is 0 Å². The third-order valence-corrected chi connectivity index (χ3v) is 4.86. The molecule has 3 aromatic carbocycles. The van der Waals surface area contributed by atoms with E-state index in [1.165, 1.54) is 30.3 Å². The molecule has 0 spiro atoms.